The Bertz CT molecular complexity index is 1670. The summed E-state index contributed by atoms with van der Waals surface area (Å²) in [5, 5.41) is 24.5. The van der Waals surface area contributed by atoms with Crippen LogP contribution in [0.5, 0.6) is 0 Å². The highest BCUT2D eigenvalue weighted by Gasteiger charge is 2.38. The first-order valence-electron chi connectivity index (χ1n) is 16.9. The van der Waals surface area contributed by atoms with Crippen LogP contribution in [0, 0.1) is 17.0 Å². The monoisotopic (exact) mass is 728 g/mol. The molecule has 0 bridgehead atoms. The quantitative estimate of drug-likeness (QED) is 0.136. The molecular formula is C37H50F2N4O7Si. The number of halogens is 2. The number of amides is 3. The number of carbonyl (C=O) groups excluding carboxylic acids is 3. The minimum Gasteiger partial charge on any atom is -0.480 e. The lowest BCUT2D eigenvalue weighted by Crippen LogP contribution is -2.53. The van der Waals surface area contributed by atoms with E-state index < -0.39 is 73.7 Å². The van der Waals surface area contributed by atoms with E-state index in [1.165, 1.54) is 11.8 Å². The predicted molar refractivity (Wildman–Crippen MR) is 193 cm³/mol. The molecule has 0 radical (unpaired) electrons. The van der Waals surface area contributed by atoms with Crippen LogP contribution in [0.25, 0.3) is 11.1 Å². The summed E-state index contributed by atoms with van der Waals surface area (Å²) in [6, 6.07) is 11.6. The standard InChI is InChI=1S/C37H50F2N4O7Si/c1-24(35(47)48)40-34(46)30(41-36(49)50-17-18-51(5,6)7)15-16-43(32(45)23-44)33(37(2,3)4)31-19-26(28-20-27(38)13-14-29(28)39)22-42(31)21-25-11-9-8-10-12-25/h8-14,19-20,22,24,30,33,44H,15-18,21,23H2,1-7H3,(H,40,46)(H,41,49)(H,47,48). The zero-order chi connectivity index (χ0) is 38.1. The Morgan fingerprint density at radius 3 is 2.25 bits per heavy atom. The molecule has 14 heteroatoms. The molecule has 1 aromatic heterocycles. The molecule has 0 fully saturated rings. The summed E-state index contributed by atoms with van der Waals surface area (Å²) in [6.07, 6.45) is 0.634. The molecule has 0 saturated heterocycles. The van der Waals surface area contributed by atoms with Crippen molar-refractivity contribution in [3.05, 3.63) is 83.7 Å². The topological polar surface area (TPSA) is 150 Å². The summed E-state index contributed by atoms with van der Waals surface area (Å²) in [4.78, 5) is 52.7. The number of aliphatic hydroxyl groups excluding tert-OH is 1. The number of aliphatic hydroxyl groups is 1. The number of hydrogen-bond acceptors (Lipinski definition) is 6. The van der Waals surface area contributed by atoms with Crippen molar-refractivity contribution in [3.8, 4) is 11.1 Å². The van der Waals surface area contributed by atoms with E-state index in [0.29, 0.717) is 23.8 Å². The summed E-state index contributed by atoms with van der Waals surface area (Å²) >= 11 is 0. The van der Waals surface area contributed by atoms with Gasteiger partial charge < -0.3 is 35.1 Å². The van der Waals surface area contributed by atoms with Crippen LogP contribution in [-0.4, -0.2) is 83.5 Å². The Hall–Kier alpha value is -4.56. The Kier molecular flexibility index (Phi) is 14.1. The summed E-state index contributed by atoms with van der Waals surface area (Å²) in [5.41, 5.74) is 1.11. The zero-order valence-electron chi connectivity index (χ0n) is 30.3. The molecule has 3 atom stereocenters. The molecule has 0 aliphatic carbocycles. The van der Waals surface area contributed by atoms with Crippen LogP contribution in [0.4, 0.5) is 13.6 Å². The number of benzene rings is 2. The van der Waals surface area contributed by atoms with Gasteiger partial charge in [0.25, 0.3) is 0 Å². The van der Waals surface area contributed by atoms with Gasteiger partial charge >= 0.3 is 12.1 Å². The van der Waals surface area contributed by atoms with Gasteiger partial charge in [-0.2, -0.15) is 0 Å². The number of aromatic nitrogens is 1. The minimum atomic E-state index is -1.54. The molecule has 11 nitrogen and oxygen atoms in total. The average molecular weight is 729 g/mol. The second-order valence-electron chi connectivity index (χ2n) is 14.9. The molecular weight excluding hydrogens is 679 g/mol. The highest BCUT2D eigenvalue weighted by molar-refractivity contribution is 6.76. The first-order valence-corrected chi connectivity index (χ1v) is 20.6. The van der Waals surface area contributed by atoms with E-state index in [1.54, 1.807) is 12.3 Å². The minimum absolute atomic E-state index is 0.0249. The molecule has 3 unspecified atom stereocenters. The maximum absolute atomic E-state index is 15.1. The first kappa shape index (κ1) is 40.9. The summed E-state index contributed by atoms with van der Waals surface area (Å²) in [7, 11) is -1.54. The van der Waals surface area contributed by atoms with Crippen LogP contribution in [0.15, 0.2) is 60.8 Å². The lowest BCUT2D eigenvalue weighted by Gasteiger charge is -2.41. The number of carboxylic acid groups (broad SMARTS) is 1. The van der Waals surface area contributed by atoms with Crippen LogP contribution in [0.1, 0.15) is 51.4 Å². The second-order valence-corrected chi connectivity index (χ2v) is 20.5. The fraction of sp³-hybridized carbons (Fsp3) is 0.459. The number of rotatable bonds is 16. The number of hydrogen-bond donors (Lipinski definition) is 4. The van der Waals surface area contributed by atoms with E-state index in [9.17, 15) is 33.8 Å². The van der Waals surface area contributed by atoms with Crippen LogP contribution in [-0.2, 0) is 25.7 Å². The largest absolute Gasteiger partial charge is 0.480 e. The fourth-order valence-electron chi connectivity index (χ4n) is 5.65. The fourth-order valence-corrected chi connectivity index (χ4v) is 6.36. The zero-order valence-corrected chi connectivity index (χ0v) is 31.3. The van der Waals surface area contributed by atoms with Gasteiger partial charge in [0.1, 0.15) is 30.3 Å². The number of nitrogens with one attached hydrogen (secondary N) is 2. The predicted octanol–water partition coefficient (Wildman–Crippen LogP) is 5.80. The van der Waals surface area contributed by atoms with E-state index in [1.807, 2.05) is 55.7 Å². The smallest absolute Gasteiger partial charge is 0.407 e. The van der Waals surface area contributed by atoms with Crippen molar-refractivity contribution in [3.63, 3.8) is 0 Å². The van der Waals surface area contributed by atoms with Gasteiger partial charge in [-0.3, -0.25) is 14.4 Å². The highest BCUT2D eigenvalue weighted by Crippen LogP contribution is 2.41. The Morgan fingerprint density at radius 1 is 1.00 bits per heavy atom. The van der Waals surface area contributed by atoms with Crippen molar-refractivity contribution >= 4 is 32.0 Å². The Balaban J connectivity index is 2.07. The highest BCUT2D eigenvalue weighted by atomic mass is 28.3. The van der Waals surface area contributed by atoms with Crippen molar-refractivity contribution < 1.29 is 42.9 Å². The lowest BCUT2D eigenvalue weighted by atomic mass is 9.82. The van der Waals surface area contributed by atoms with Crippen molar-refractivity contribution in [1.82, 2.24) is 20.1 Å². The van der Waals surface area contributed by atoms with Gasteiger partial charge in [-0.05, 0) is 54.6 Å². The van der Waals surface area contributed by atoms with Crippen LogP contribution in [0.2, 0.25) is 25.7 Å². The Morgan fingerprint density at radius 2 is 1.67 bits per heavy atom. The third kappa shape index (κ3) is 12.0. The molecule has 0 aliphatic rings. The molecule has 3 rings (SSSR count). The summed E-state index contributed by atoms with van der Waals surface area (Å²) < 4.78 is 36.6. The number of carbonyl (C=O) groups is 4. The van der Waals surface area contributed by atoms with Gasteiger partial charge in [0.2, 0.25) is 11.8 Å². The molecule has 3 amide bonds. The van der Waals surface area contributed by atoms with Crippen molar-refractivity contribution in [2.75, 3.05) is 19.8 Å². The normalized spacial score (nSPS) is 13.5. The van der Waals surface area contributed by atoms with Gasteiger partial charge in [0.15, 0.2) is 0 Å². The van der Waals surface area contributed by atoms with Crippen molar-refractivity contribution in [1.29, 1.82) is 0 Å². The second kappa shape index (κ2) is 17.6. The molecule has 51 heavy (non-hydrogen) atoms. The van der Waals surface area contributed by atoms with E-state index in [4.69, 9.17) is 4.74 Å². The number of ether oxygens (including phenoxy) is 1. The van der Waals surface area contributed by atoms with E-state index in [2.05, 4.69) is 30.3 Å². The molecule has 278 valence electrons. The number of aliphatic carboxylic acids is 1. The Labute approximate surface area is 299 Å². The van der Waals surface area contributed by atoms with Crippen molar-refractivity contribution in [2.24, 2.45) is 5.41 Å². The maximum atomic E-state index is 15.1. The molecule has 0 aliphatic heterocycles. The van der Waals surface area contributed by atoms with E-state index >= 15 is 4.39 Å². The molecule has 0 spiro atoms. The summed E-state index contributed by atoms with van der Waals surface area (Å²) in [6.45, 7) is 12.7. The molecule has 1 heterocycles. The molecule has 4 N–H and O–H groups in total. The van der Waals surface area contributed by atoms with Gasteiger partial charge in [0, 0.05) is 44.2 Å². The lowest BCUT2D eigenvalue weighted by molar-refractivity contribution is -0.141. The summed E-state index contributed by atoms with van der Waals surface area (Å²) in [5.74, 6) is -4.03. The van der Waals surface area contributed by atoms with Crippen LogP contribution in [0.3, 0.4) is 0 Å². The van der Waals surface area contributed by atoms with Gasteiger partial charge in [0.05, 0.1) is 12.6 Å². The van der Waals surface area contributed by atoms with Crippen LogP contribution < -0.4 is 10.6 Å². The molecule has 2 aromatic carbocycles. The van der Waals surface area contributed by atoms with Gasteiger partial charge in [-0.15, -0.1) is 0 Å². The average Bonchev–Trinajstić information content (AvgIpc) is 3.44. The SMILES string of the molecule is CC(NC(=O)C(CCN(C(=O)CO)C(c1cc(-c2cc(F)ccc2F)cn1Cc1ccccc1)C(C)(C)C)NC(=O)OCC[Si](C)(C)C)C(=O)O. The third-order valence-electron chi connectivity index (χ3n) is 8.31. The first-order chi connectivity index (χ1) is 23.8. The number of alkyl carbamates (subject to hydrolysis) is 1. The number of carboxylic acids is 1. The van der Waals surface area contributed by atoms with Crippen LogP contribution >= 0.6 is 0 Å². The molecule has 3 aromatic rings. The van der Waals surface area contributed by atoms with E-state index in [0.717, 1.165) is 23.8 Å². The van der Waals surface area contributed by atoms with Crippen molar-refractivity contribution in [2.45, 2.75) is 84.5 Å². The van der Waals surface area contributed by atoms with Gasteiger partial charge in [-0.25, -0.2) is 13.6 Å². The van der Waals surface area contributed by atoms with Gasteiger partial charge in [-0.1, -0.05) is 70.7 Å². The maximum Gasteiger partial charge on any atom is 0.407 e. The molecule has 0 saturated carbocycles. The third-order valence-corrected chi connectivity index (χ3v) is 10.0. The van der Waals surface area contributed by atoms with E-state index in [-0.39, 0.29) is 25.1 Å². The number of nitrogens with zero attached hydrogens (tertiary/aromatic N) is 2.